The molecule has 2 heterocycles. The van der Waals surface area contributed by atoms with Crippen LogP contribution in [0, 0.1) is 0 Å². The minimum Gasteiger partial charge on any atom is -0.467 e. The molecule has 0 saturated carbocycles. The number of rotatable bonds is 5. The topological polar surface area (TPSA) is 62.5 Å². The Morgan fingerprint density at radius 1 is 1.13 bits per heavy atom. The molecule has 0 fully saturated rings. The maximum absolute atomic E-state index is 5.33. The standard InChI is InChI=1S/C18H20N4O/c1-2-19-18(22-13-16-9-5-11-23-16)21-12-15-7-3-6-14-8-4-10-20-17(14)15/h3-11H,2,12-13H2,1H3,(H2,19,21,22). The second-order valence-corrected chi connectivity index (χ2v) is 5.12. The molecule has 23 heavy (non-hydrogen) atoms. The third-order valence-corrected chi connectivity index (χ3v) is 3.48. The summed E-state index contributed by atoms with van der Waals surface area (Å²) >= 11 is 0. The maximum Gasteiger partial charge on any atom is 0.191 e. The van der Waals surface area contributed by atoms with Crippen molar-refractivity contribution in [3.63, 3.8) is 0 Å². The third-order valence-electron chi connectivity index (χ3n) is 3.48. The van der Waals surface area contributed by atoms with E-state index < -0.39 is 0 Å². The first kappa shape index (κ1) is 15.1. The summed E-state index contributed by atoms with van der Waals surface area (Å²) in [5, 5.41) is 7.64. The van der Waals surface area contributed by atoms with Crippen LogP contribution in [0.15, 0.2) is 64.3 Å². The van der Waals surface area contributed by atoms with Gasteiger partial charge >= 0.3 is 0 Å². The van der Waals surface area contributed by atoms with Crippen LogP contribution < -0.4 is 10.6 Å². The summed E-state index contributed by atoms with van der Waals surface area (Å²) in [6.45, 7) is 4.02. The Kier molecular flexibility index (Phi) is 4.88. The van der Waals surface area contributed by atoms with E-state index in [0.717, 1.165) is 34.7 Å². The van der Waals surface area contributed by atoms with Crippen molar-refractivity contribution >= 4 is 16.9 Å². The van der Waals surface area contributed by atoms with E-state index in [1.165, 1.54) is 0 Å². The highest BCUT2D eigenvalue weighted by Gasteiger charge is 2.03. The number of nitrogens with one attached hydrogen (secondary N) is 2. The molecule has 2 N–H and O–H groups in total. The number of aromatic nitrogens is 1. The van der Waals surface area contributed by atoms with Crippen LogP contribution in [0.1, 0.15) is 18.2 Å². The molecule has 0 aliphatic rings. The number of pyridine rings is 1. The van der Waals surface area contributed by atoms with Crippen molar-refractivity contribution in [2.24, 2.45) is 4.99 Å². The molecule has 0 radical (unpaired) electrons. The lowest BCUT2D eigenvalue weighted by Crippen LogP contribution is -2.36. The molecule has 0 aliphatic heterocycles. The molecule has 3 rings (SSSR count). The molecule has 0 aliphatic carbocycles. The molecule has 2 aromatic heterocycles. The summed E-state index contributed by atoms with van der Waals surface area (Å²) in [6, 6.07) is 14.0. The van der Waals surface area contributed by atoms with Gasteiger partial charge in [0.25, 0.3) is 0 Å². The van der Waals surface area contributed by atoms with Crippen molar-refractivity contribution in [2.45, 2.75) is 20.0 Å². The number of furan rings is 1. The van der Waals surface area contributed by atoms with Gasteiger partial charge in [0.2, 0.25) is 0 Å². The summed E-state index contributed by atoms with van der Waals surface area (Å²) in [6.07, 6.45) is 3.48. The Morgan fingerprint density at radius 3 is 2.87 bits per heavy atom. The van der Waals surface area contributed by atoms with Gasteiger partial charge in [-0.05, 0) is 30.7 Å². The number of benzene rings is 1. The molecule has 0 saturated heterocycles. The zero-order chi connectivity index (χ0) is 15.9. The van der Waals surface area contributed by atoms with Gasteiger partial charge in [0.15, 0.2) is 5.96 Å². The van der Waals surface area contributed by atoms with Crippen LogP contribution in [-0.2, 0) is 13.1 Å². The third kappa shape index (κ3) is 3.88. The van der Waals surface area contributed by atoms with E-state index in [4.69, 9.17) is 4.42 Å². The molecular weight excluding hydrogens is 288 g/mol. The number of guanidine groups is 1. The highest BCUT2D eigenvalue weighted by molar-refractivity contribution is 5.83. The van der Waals surface area contributed by atoms with Gasteiger partial charge in [0.1, 0.15) is 5.76 Å². The first-order valence-electron chi connectivity index (χ1n) is 7.74. The molecule has 0 bridgehead atoms. The van der Waals surface area contributed by atoms with Crippen molar-refractivity contribution in [3.05, 3.63) is 66.2 Å². The first-order valence-corrected chi connectivity index (χ1v) is 7.74. The molecule has 5 nitrogen and oxygen atoms in total. The molecule has 0 atom stereocenters. The molecule has 3 aromatic rings. The number of hydrogen-bond acceptors (Lipinski definition) is 3. The van der Waals surface area contributed by atoms with Crippen molar-refractivity contribution in [3.8, 4) is 0 Å². The van der Waals surface area contributed by atoms with Crippen LogP contribution in [0.5, 0.6) is 0 Å². The largest absolute Gasteiger partial charge is 0.467 e. The molecule has 0 unspecified atom stereocenters. The Hall–Kier alpha value is -2.82. The Bertz CT molecular complexity index is 775. The Labute approximate surface area is 135 Å². The Balaban J connectivity index is 1.74. The normalized spacial score (nSPS) is 11.6. The zero-order valence-electron chi connectivity index (χ0n) is 13.1. The molecular formula is C18H20N4O. The van der Waals surface area contributed by atoms with Crippen LogP contribution in [0.4, 0.5) is 0 Å². The van der Waals surface area contributed by atoms with Gasteiger partial charge in [-0.15, -0.1) is 0 Å². The fourth-order valence-electron chi connectivity index (χ4n) is 2.38. The van der Waals surface area contributed by atoms with E-state index in [1.807, 2.05) is 37.4 Å². The van der Waals surface area contributed by atoms with Crippen molar-refractivity contribution in [2.75, 3.05) is 6.54 Å². The van der Waals surface area contributed by atoms with Gasteiger partial charge in [0, 0.05) is 18.1 Å². The number of fused-ring (bicyclic) bond motifs is 1. The summed E-state index contributed by atoms with van der Waals surface area (Å²) in [5.41, 5.74) is 2.11. The van der Waals surface area contributed by atoms with Gasteiger partial charge in [-0.3, -0.25) is 4.98 Å². The minimum atomic E-state index is 0.571. The highest BCUT2D eigenvalue weighted by atomic mass is 16.3. The van der Waals surface area contributed by atoms with Gasteiger partial charge in [0.05, 0.1) is 24.9 Å². The summed E-state index contributed by atoms with van der Waals surface area (Å²) in [7, 11) is 0. The summed E-state index contributed by atoms with van der Waals surface area (Å²) in [5.74, 6) is 1.64. The fourth-order valence-corrected chi connectivity index (χ4v) is 2.38. The SMILES string of the molecule is CCNC(=NCc1cccc2cccnc12)NCc1ccco1. The smallest absolute Gasteiger partial charge is 0.191 e. The predicted octanol–water partition coefficient (Wildman–Crippen LogP) is 3.08. The number of nitrogens with zero attached hydrogens (tertiary/aromatic N) is 2. The number of aliphatic imine (C=N–C) groups is 1. The molecule has 0 amide bonds. The van der Waals surface area contributed by atoms with Crippen LogP contribution in [0.2, 0.25) is 0 Å². The molecule has 1 aromatic carbocycles. The second kappa shape index (κ2) is 7.45. The quantitative estimate of drug-likeness (QED) is 0.561. The average Bonchev–Trinajstić information content (AvgIpc) is 3.11. The van der Waals surface area contributed by atoms with Crippen LogP contribution in [-0.4, -0.2) is 17.5 Å². The monoisotopic (exact) mass is 308 g/mol. The molecule has 0 spiro atoms. The van der Waals surface area contributed by atoms with Crippen LogP contribution in [0.25, 0.3) is 10.9 Å². The van der Waals surface area contributed by atoms with E-state index in [2.05, 4.69) is 38.8 Å². The number of hydrogen-bond donors (Lipinski definition) is 2. The predicted molar refractivity (Wildman–Crippen MR) is 92.1 cm³/mol. The second-order valence-electron chi connectivity index (χ2n) is 5.12. The van der Waals surface area contributed by atoms with Gasteiger partial charge in [-0.25, -0.2) is 4.99 Å². The lowest BCUT2D eigenvalue weighted by Gasteiger charge is -2.10. The van der Waals surface area contributed by atoms with Gasteiger partial charge in [-0.2, -0.15) is 0 Å². The van der Waals surface area contributed by atoms with E-state index in [-0.39, 0.29) is 0 Å². The minimum absolute atomic E-state index is 0.571. The lowest BCUT2D eigenvalue weighted by atomic mass is 10.1. The summed E-state index contributed by atoms with van der Waals surface area (Å²) < 4.78 is 5.33. The van der Waals surface area contributed by atoms with Crippen LogP contribution in [0.3, 0.4) is 0 Å². The van der Waals surface area contributed by atoms with E-state index in [0.29, 0.717) is 13.1 Å². The lowest BCUT2D eigenvalue weighted by molar-refractivity contribution is 0.501. The van der Waals surface area contributed by atoms with Gasteiger partial charge in [-0.1, -0.05) is 24.3 Å². The van der Waals surface area contributed by atoms with E-state index in [9.17, 15) is 0 Å². The van der Waals surface area contributed by atoms with Crippen LogP contribution >= 0.6 is 0 Å². The van der Waals surface area contributed by atoms with Crippen molar-refractivity contribution in [1.29, 1.82) is 0 Å². The van der Waals surface area contributed by atoms with Crippen molar-refractivity contribution < 1.29 is 4.42 Å². The molecule has 118 valence electrons. The first-order chi connectivity index (χ1) is 11.4. The zero-order valence-corrected chi connectivity index (χ0v) is 13.1. The average molecular weight is 308 g/mol. The maximum atomic E-state index is 5.33. The Morgan fingerprint density at radius 2 is 2.04 bits per heavy atom. The fraction of sp³-hybridized carbons (Fsp3) is 0.222. The summed E-state index contributed by atoms with van der Waals surface area (Å²) in [4.78, 5) is 9.11. The highest BCUT2D eigenvalue weighted by Crippen LogP contribution is 2.16. The van der Waals surface area contributed by atoms with Crippen molar-refractivity contribution in [1.82, 2.24) is 15.6 Å². The molecule has 5 heteroatoms. The van der Waals surface area contributed by atoms with Gasteiger partial charge < -0.3 is 15.1 Å². The van der Waals surface area contributed by atoms with E-state index in [1.54, 1.807) is 6.26 Å². The van der Waals surface area contributed by atoms with E-state index >= 15 is 0 Å². The number of para-hydroxylation sites is 1.